The van der Waals surface area contributed by atoms with Gasteiger partial charge in [0.2, 0.25) is 5.91 Å². The minimum absolute atomic E-state index is 0.0138. The van der Waals surface area contributed by atoms with E-state index in [9.17, 15) is 9.90 Å². The van der Waals surface area contributed by atoms with Gasteiger partial charge in [0.05, 0.1) is 6.10 Å². The third kappa shape index (κ3) is 4.55. The Morgan fingerprint density at radius 2 is 1.60 bits per heavy atom. The zero-order valence-corrected chi connectivity index (χ0v) is 17.3. The van der Waals surface area contributed by atoms with Crippen molar-refractivity contribution in [3.05, 3.63) is 101 Å². The van der Waals surface area contributed by atoms with Crippen molar-refractivity contribution >= 4 is 11.6 Å². The van der Waals surface area contributed by atoms with Crippen molar-refractivity contribution in [1.82, 2.24) is 5.32 Å². The van der Waals surface area contributed by atoms with Crippen LogP contribution in [-0.4, -0.2) is 31.2 Å². The van der Waals surface area contributed by atoms with E-state index in [0.29, 0.717) is 6.42 Å². The maximum atomic E-state index is 12.7. The van der Waals surface area contributed by atoms with Gasteiger partial charge in [-0.1, -0.05) is 72.8 Å². The van der Waals surface area contributed by atoms with Crippen LogP contribution in [0.15, 0.2) is 78.9 Å². The Kier molecular flexibility index (Phi) is 6.15. The summed E-state index contributed by atoms with van der Waals surface area (Å²) in [6.07, 6.45) is 0.627. The van der Waals surface area contributed by atoms with Crippen LogP contribution in [-0.2, 0) is 11.2 Å². The minimum Gasteiger partial charge on any atom is -0.387 e. The molecule has 3 aromatic rings. The van der Waals surface area contributed by atoms with E-state index in [0.717, 1.165) is 29.7 Å². The summed E-state index contributed by atoms with van der Waals surface area (Å²) in [5.41, 5.74) is 5.56. The molecule has 4 nitrogen and oxygen atoms in total. The Morgan fingerprint density at radius 3 is 2.23 bits per heavy atom. The van der Waals surface area contributed by atoms with Crippen LogP contribution in [0.1, 0.15) is 40.7 Å². The molecule has 0 aromatic heterocycles. The highest BCUT2D eigenvalue weighted by Gasteiger charge is 2.20. The number of nitrogens with one attached hydrogen (secondary N) is 1. The lowest BCUT2D eigenvalue weighted by Crippen LogP contribution is -2.29. The van der Waals surface area contributed by atoms with E-state index in [1.165, 1.54) is 11.3 Å². The smallest absolute Gasteiger partial charge is 0.221 e. The van der Waals surface area contributed by atoms with Gasteiger partial charge in [0.1, 0.15) is 0 Å². The van der Waals surface area contributed by atoms with E-state index in [1.807, 2.05) is 42.5 Å². The molecule has 0 saturated heterocycles. The van der Waals surface area contributed by atoms with Gasteiger partial charge in [-0.3, -0.25) is 4.79 Å². The second kappa shape index (κ2) is 9.14. The average molecular weight is 401 g/mol. The van der Waals surface area contributed by atoms with Crippen molar-refractivity contribution in [2.75, 3.05) is 25.0 Å². The molecule has 30 heavy (non-hydrogen) atoms. The molecule has 4 heteroatoms. The maximum Gasteiger partial charge on any atom is 0.221 e. The van der Waals surface area contributed by atoms with Gasteiger partial charge in [0.15, 0.2) is 0 Å². The fraction of sp³-hybridized carbons (Fsp3) is 0.269. The number of amides is 1. The molecular formula is C26H28N2O2. The quantitative estimate of drug-likeness (QED) is 0.629. The largest absolute Gasteiger partial charge is 0.387 e. The Hall–Kier alpha value is -3.11. The van der Waals surface area contributed by atoms with Crippen molar-refractivity contribution in [1.29, 1.82) is 0 Å². The van der Waals surface area contributed by atoms with Crippen molar-refractivity contribution in [3.8, 4) is 0 Å². The van der Waals surface area contributed by atoms with Crippen molar-refractivity contribution in [2.45, 2.75) is 24.9 Å². The lowest BCUT2D eigenvalue weighted by atomic mass is 9.88. The minimum atomic E-state index is -0.711. The Bertz CT molecular complexity index is 949. The molecule has 0 radical (unpaired) electrons. The normalized spacial score (nSPS) is 13.9. The number of carbonyl (C=O) groups is 1. The first kappa shape index (κ1) is 20.2. The van der Waals surface area contributed by atoms with Gasteiger partial charge in [-0.15, -0.1) is 0 Å². The Morgan fingerprint density at radius 1 is 0.967 bits per heavy atom. The highest BCUT2D eigenvalue weighted by atomic mass is 16.3. The molecule has 0 aliphatic carbocycles. The fourth-order valence-corrected chi connectivity index (χ4v) is 4.18. The third-order valence-corrected chi connectivity index (χ3v) is 5.90. The molecule has 1 heterocycles. The highest BCUT2D eigenvalue weighted by molar-refractivity contribution is 5.77. The first-order valence-corrected chi connectivity index (χ1v) is 10.5. The van der Waals surface area contributed by atoms with Gasteiger partial charge in [-0.2, -0.15) is 0 Å². The average Bonchev–Trinajstić information content (AvgIpc) is 3.17. The van der Waals surface area contributed by atoms with E-state index in [4.69, 9.17) is 0 Å². The van der Waals surface area contributed by atoms with Crippen LogP contribution < -0.4 is 10.2 Å². The number of likely N-dealkylation sites (N-methyl/N-ethyl adjacent to an activating group) is 1. The third-order valence-electron chi connectivity index (χ3n) is 5.90. The summed E-state index contributed by atoms with van der Waals surface area (Å²) in [5, 5.41) is 13.5. The van der Waals surface area contributed by atoms with Gasteiger partial charge in [0, 0.05) is 38.2 Å². The number of aliphatic hydroxyl groups is 1. The molecule has 0 fully saturated rings. The Balaban J connectivity index is 1.40. The van der Waals surface area contributed by atoms with Crippen molar-refractivity contribution in [2.24, 2.45) is 0 Å². The number of nitrogens with zero attached hydrogens (tertiary/aromatic N) is 1. The van der Waals surface area contributed by atoms with Crippen LogP contribution in [0, 0.1) is 0 Å². The molecule has 3 aromatic carbocycles. The van der Waals surface area contributed by atoms with Crippen molar-refractivity contribution < 1.29 is 9.90 Å². The van der Waals surface area contributed by atoms with Crippen molar-refractivity contribution in [3.63, 3.8) is 0 Å². The van der Waals surface area contributed by atoms with Crippen LogP contribution in [0.4, 0.5) is 5.69 Å². The van der Waals surface area contributed by atoms with Crippen LogP contribution in [0.25, 0.3) is 0 Å². The second-order valence-corrected chi connectivity index (χ2v) is 7.96. The summed E-state index contributed by atoms with van der Waals surface area (Å²) in [7, 11) is 2.08. The summed E-state index contributed by atoms with van der Waals surface area (Å²) in [6.45, 7) is 1.22. The fourth-order valence-electron chi connectivity index (χ4n) is 4.18. The van der Waals surface area contributed by atoms with Gasteiger partial charge < -0.3 is 15.3 Å². The van der Waals surface area contributed by atoms with E-state index in [-0.39, 0.29) is 18.4 Å². The zero-order valence-electron chi connectivity index (χ0n) is 17.3. The standard InChI is InChI=1S/C26H28N2O2/c1-28-15-14-21-16-22(12-13-24(21)28)25(29)18-27-26(30)17-23(19-8-4-2-5-9-19)20-10-6-3-7-11-20/h2-13,16,23,25,29H,14-15,17-18H2,1H3,(H,27,30). The predicted octanol–water partition coefficient (Wildman–Crippen LogP) is 4.05. The molecule has 0 bridgehead atoms. The van der Waals surface area contributed by atoms with Crippen LogP contribution in [0.3, 0.4) is 0 Å². The number of aliphatic hydroxyl groups excluding tert-OH is 1. The van der Waals surface area contributed by atoms with Gasteiger partial charge in [0.25, 0.3) is 0 Å². The molecule has 2 N–H and O–H groups in total. The number of fused-ring (bicyclic) bond motifs is 1. The molecule has 154 valence electrons. The zero-order chi connectivity index (χ0) is 20.9. The first-order chi connectivity index (χ1) is 14.6. The van der Waals surface area contributed by atoms with E-state index in [1.54, 1.807) is 0 Å². The first-order valence-electron chi connectivity index (χ1n) is 10.5. The van der Waals surface area contributed by atoms with Gasteiger partial charge >= 0.3 is 0 Å². The predicted molar refractivity (Wildman–Crippen MR) is 121 cm³/mol. The molecule has 1 aliphatic rings. The topological polar surface area (TPSA) is 52.6 Å². The Labute approximate surface area is 178 Å². The summed E-state index contributed by atoms with van der Waals surface area (Å²) in [4.78, 5) is 15.0. The summed E-state index contributed by atoms with van der Waals surface area (Å²) >= 11 is 0. The monoisotopic (exact) mass is 400 g/mol. The van der Waals surface area contributed by atoms with E-state index < -0.39 is 6.10 Å². The summed E-state index contributed by atoms with van der Waals surface area (Å²) in [6, 6.07) is 26.3. The number of benzene rings is 3. The number of anilines is 1. The van der Waals surface area contributed by atoms with Gasteiger partial charge in [-0.25, -0.2) is 0 Å². The number of hydrogen-bond donors (Lipinski definition) is 2. The highest BCUT2D eigenvalue weighted by Crippen LogP contribution is 2.30. The van der Waals surface area contributed by atoms with Crippen LogP contribution in [0.5, 0.6) is 0 Å². The molecule has 1 atom stereocenters. The SMILES string of the molecule is CN1CCc2cc(C(O)CNC(=O)CC(c3ccccc3)c3ccccc3)ccc21. The molecule has 1 aliphatic heterocycles. The maximum absolute atomic E-state index is 12.7. The summed E-state index contributed by atoms with van der Waals surface area (Å²) in [5.74, 6) is -0.0762. The molecule has 0 saturated carbocycles. The number of hydrogen-bond acceptors (Lipinski definition) is 3. The molecule has 4 rings (SSSR count). The number of rotatable bonds is 7. The molecular weight excluding hydrogens is 372 g/mol. The summed E-state index contributed by atoms with van der Waals surface area (Å²) < 4.78 is 0. The number of carbonyl (C=O) groups excluding carboxylic acids is 1. The second-order valence-electron chi connectivity index (χ2n) is 7.96. The molecule has 1 amide bonds. The lowest BCUT2D eigenvalue weighted by molar-refractivity contribution is -0.121. The van der Waals surface area contributed by atoms with Crippen LogP contribution >= 0.6 is 0 Å². The lowest BCUT2D eigenvalue weighted by Gasteiger charge is -2.19. The molecule has 0 spiro atoms. The van der Waals surface area contributed by atoms with E-state index >= 15 is 0 Å². The van der Waals surface area contributed by atoms with Gasteiger partial charge in [-0.05, 0) is 34.7 Å². The molecule has 1 unspecified atom stereocenters. The van der Waals surface area contributed by atoms with E-state index in [2.05, 4.69) is 53.7 Å². The van der Waals surface area contributed by atoms with Crippen LogP contribution in [0.2, 0.25) is 0 Å².